The second-order valence-electron chi connectivity index (χ2n) is 7.51. The van der Waals surface area contributed by atoms with Gasteiger partial charge in [-0.2, -0.15) is 0 Å². The Morgan fingerprint density at radius 3 is 2.17 bits per heavy atom. The first-order valence-corrected chi connectivity index (χ1v) is 10.1. The summed E-state index contributed by atoms with van der Waals surface area (Å²) in [4.78, 5) is 25.0. The number of carbonyl (C=O) groups excluding carboxylic acids is 2. The van der Waals surface area contributed by atoms with Crippen LogP contribution in [0.1, 0.15) is 47.2 Å². The third kappa shape index (κ3) is 5.98. The van der Waals surface area contributed by atoms with Gasteiger partial charge >= 0.3 is 6.03 Å². The molecular weight excluding hydrogens is 366 g/mol. The van der Waals surface area contributed by atoms with Crippen LogP contribution in [0.15, 0.2) is 48.5 Å². The van der Waals surface area contributed by atoms with E-state index >= 15 is 0 Å². The van der Waals surface area contributed by atoms with E-state index in [1.54, 1.807) is 31.4 Å². The smallest absolute Gasteiger partial charge is 0.315 e. The fourth-order valence-electron chi connectivity index (χ4n) is 3.58. The summed E-state index contributed by atoms with van der Waals surface area (Å²) in [6.45, 7) is 2.51. The number of hydrogen-bond donors (Lipinski definition) is 3. The molecule has 3 rings (SSSR count). The highest BCUT2D eigenvalue weighted by atomic mass is 16.5. The Hall–Kier alpha value is -3.02. The Balaban J connectivity index is 1.53. The highest BCUT2D eigenvalue weighted by molar-refractivity contribution is 5.94. The normalized spacial score (nSPS) is 18.6. The highest BCUT2D eigenvalue weighted by Crippen LogP contribution is 2.20. The van der Waals surface area contributed by atoms with Crippen LogP contribution in [0, 0.1) is 6.92 Å². The van der Waals surface area contributed by atoms with Crippen molar-refractivity contribution in [2.45, 2.75) is 51.2 Å². The maximum atomic E-state index is 12.6. The second kappa shape index (κ2) is 9.96. The quantitative estimate of drug-likeness (QED) is 0.700. The molecule has 6 heteroatoms. The van der Waals surface area contributed by atoms with E-state index in [2.05, 4.69) is 16.0 Å². The molecule has 154 valence electrons. The second-order valence-corrected chi connectivity index (χ2v) is 7.51. The number of carbonyl (C=O) groups is 2. The molecule has 0 radical (unpaired) electrons. The average Bonchev–Trinajstić information content (AvgIpc) is 2.75. The molecule has 1 aliphatic rings. The molecule has 0 aliphatic heterocycles. The monoisotopic (exact) mass is 395 g/mol. The predicted molar refractivity (Wildman–Crippen MR) is 113 cm³/mol. The van der Waals surface area contributed by atoms with Crippen LogP contribution >= 0.6 is 0 Å². The zero-order chi connectivity index (χ0) is 20.6. The van der Waals surface area contributed by atoms with E-state index in [0.29, 0.717) is 17.9 Å². The molecule has 1 saturated carbocycles. The fourth-order valence-corrected chi connectivity index (χ4v) is 3.58. The molecule has 0 heterocycles. The lowest BCUT2D eigenvalue weighted by Crippen LogP contribution is -2.55. The van der Waals surface area contributed by atoms with Crippen molar-refractivity contribution >= 4 is 11.9 Å². The van der Waals surface area contributed by atoms with Gasteiger partial charge in [0, 0.05) is 18.2 Å². The van der Waals surface area contributed by atoms with Crippen LogP contribution in [0.5, 0.6) is 5.75 Å². The number of rotatable bonds is 6. The average molecular weight is 396 g/mol. The van der Waals surface area contributed by atoms with Gasteiger partial charge in [0.15, 0.2) is 0 Å². The van der Waals surface area contributed by atoms with Crippen molar-refractivity contribution < 1.29 is 14.3 Å². The molecule has 2 aromatic rings. The number of ether oxygens (including phenoxy) is 1. The summed E-state index contributed by atoms with van der Waals surface area (Å²) in [7, 11) is 1.59. The molecule has 0 bridgehead atoms. The molecule has 29 heavy (non-hydrogen) atoms. The summed E-state index contributed by atoms with van der Waals surface area (Å²) < 4.78 is 5.13. The lowest BCUT2D eigenvalue weighted by Gasteiger charge is -2.32. The van der Waals surface area contributed by atoms with Gasteiger partial charge < -0.3 is 20.7 Å². The third-order valence-electron chi connectivity index (χ3n) is 5.32. The van der Waals surface area contributed by atoms with Crippen molar-refractivity contribution in [3.05, 3.63) is 65.2 Å². The van der Waals surface area contributed by atoms with Gasteiger partial charge in [-0.1, -0.05) is 42.7 Å². The van der Waals surface area contributed by atoms with Gasteiger partial charge in [-0.25, -0.2) is 4.79 Å². The molecule has 0 aromatic heterocycles. The van der Waals surface area contributed by atoms with E-state index in [0.717, 1.165) is 31.2 Å². The van der Waals surface area contributed by atoms with Crippen molar-refractivity contribution in [3.63, 3.8) is 0 Å². The van der Waals surface area contributed by atoms with E-state index in [9.17, 15) is 9.59 Å². The maximum Gasteiger partial charge on any atom is 0.315 e. The number of aryl methyl sites for hydroxylation is 1. The minimum Gasteiger partial charge on any atom is -0.497 e. The van der Waals surface area contributed by atoms with Gasteiger partial charge in [-0.05, 0) is 49.6 Å². The van der Waals surface area contributed by atoms with E-state index in [1.165, 1.54) is 5.56 Å². The Morgan fingerprint density at radius 1 is 0.931 bits per heavy atom. The third-order valence-corrected chi connectivity index (χ3v) is 5.32. The zero-order valence-corrected chi connectivity index (χ0v) is 17.0. The minimum atomic E-state index is -0.207. The molecule has 3 N–H and O–H groups in total. The lowest BCUT2D eigenvalue weighted by molar-refractivity contribution is 0.0916. The molecule has 1 fully saturated rings. The fraction of sp³-hybridized carbons (Fsp3) is 0.391. The SMILES string of the molecule is COc1ccc(C(=O)NC2CCCCC2NC(=O)NCc2ccc(C)cc2)cc1. The largest absolute Gasteiger partial charge is 0.497 e. The van der Waals surface area contributed by atoms with Crippen LogP contribution < -0.4 is 20.7 Å². The predicted octanol–water partition coefficient (Wildman–Crippen LogP) is 3.54. The van der Waals surface area contributed by atoms with E-state index in [4.69, 9.17) is 4.74 Å². The Bertz CT molecular complexity index is 818. The van der Waals surface area contributed by atoms with E-state index in [-0.39, 0.29) is 24.0 Å². The summed E-state index contributed by atoms with van der Waals surface area (Å²) in [5, 5.41) is 9.03. The number of hydrogen-bond acceptors (Lipinski definition) is 3. The van der Waals surface area contributed by atoms with Crippen molar-refractivity contribution in [2.75, 3.05) is 7.11 Å². The van der Waals surface area contributed by atoms with Crippen LogP contribution in [0.2, 0.25) is 0 Å². The standard InChI is InChI=1S/C23H29N3O3/c1-16-7-9-17(10-8-16)15-24-23(28)26-21-6-4-3-5-20(21)25-22(27)18-11-13-19(29-2)14-12-18/h7-14,20-21H,3-6,15H2,1-2H3,(H,25,27)(H2,24,26,28). The Kier molecular flexibility index (Phi) is 7.11. The number of urea groups is 1. The lowest BCUT2D eigenvalue weighted by atomic mass is 9.90. The molecule has 1 aliphatic carbocycles. The maximum absolute atomic E-state index is 12.6. The van der Waals surface area contributed by atoms with Gasteiger partial charge in [0.25, 0.3) is 5.91 Å². The molecule has 3 amide bonds. The molecular formula is C23H29N3O3. The summed E-state index contributed by atoms with van der Waals surface area (Å²) in [6.07, 6.45) is 3.78. The van der Waals surface area contributed by atoms with Crippen LogP contribution in [0.3, 0.4) is 0 Å². The van der Waals surface area contributed by atoms with Crippen LogP contribution in [-0.4, -0.2) is 31.1 Å². The van der Waals surface area contributed by atoms with Crippen molar-refractivity contribution in [3.8, 4) is 5.75 Å². The number of amides is 3. The summed E-state index contributed by atoms with van der Waals surface area (Å²) >= 11 is 0. The molecule has 2 atom stereocenters. The zero-order valence-electron chi connectivity index (χ0n) is 17.0. The molecule has 0 spiro atoms. The van der Waals surface area contributed by atoms with Gasteiger partial charge in [-0.15, -0.1) is 0 Å². The molecule has 2 aromatic carbocycles. The minimum absolute atomic E-state index is 0.0797. The number of nitrogens with one attached hydrogen (secondary N) is 3. The van der Waals surface area contributed by atoms with Crippen LogP contribution in [0.25, 0.3) is 0 Å². The van der Waals surface area contributed by atoms with Crippen LogP contribution in [-0.2, 0) is 6.54 Å². The summed E-state index contributed by atoms with van der Waals surface area (Å²) in [6, 6.07) is 14.7. The first kappa shape index (κ1) is 20.7. The van der Waals surface area contributed by atoms with Gasteiger partial charge in [0.05, 0.1) is 13.2 Å². The van der Waals surface area contributed by atoms with Crippen molar-refractivity contribution in [2.24, 2.45) is 0 Å². The Labute approximate surface area is 172 Å². The number of benzene rings is 2. The van der Waals surface area contributed by atoms with Crippen molar-refractivity contribution in [1.82, 2.24) is 16.0 Å². The summed E-state index contributed by atoms with van der Waals surface area (Å²) in [5.41, 5.74) is 2.83. The van der Waals surface area contributed by atoms with Gasteiger partial charge in [-0.3, -0.25) is 4.79 Å². The molecule has 0 saturated heterocycles. The topological polar surface area (TPSA) is 79.5 Å². The first-order valence-electron chi connectivity index (χ1n) is 10.1. The van der Waals surface area contributed by atoms with Gasteiger partial charge in [0.1, 0.15) is 5.75 Å². The molecule has 2 unspecified atom stereocenters. The van der Waals surface area contributed by atoms with Crippen molar-refractivity contribution in [1.29, 1.82) is 0 Å². The Morgan fingerprint density at radius 2 is 1.55 bits per heavy atom. The van der Waals surface area contributed by atoms with E-state index in [1.807, 2.05) is 31.2 Å². The highest BCUT2D eigenvalue weighted by Gasteiger charge is 2.28. The number of methoxy groups -OCH3 is 1. The summed E-state index contributed by atoms with van der Waals surface area (Å²) in [5.74, 6) is 0.579. The van der Waals surface area contributed by atoms with Crippen LogP contribution in [0.4, 0.5) is 4.79 Å². The first-order chi connectivity index (χ1) is 14.0. The van der Waals surface area contributed by atoms with E-state index < -0.39 is 0 Å². The molecule has 6 nitrogen and oxygen atoms in total. The van der Waals surface area contributed by atoms with Gasteiger partial charge in [0.2, 0.25) is 0 Å².